The maximum atomic E-state index is 5.73. The molecule has 0 saturated carbocycles. The zero-order valence-corrected chi connectivity index (χ0v) is 9.97. The van der Waals surface area contributed by atoms with Crippen molar-refractivity contribution in [1.29, 1.82) is 0 Å². The molecule has 2 rings (SSSR count). The number of hydrogen-bond donors (Lipinski definition) is 1. The van der Waals surface area contributed by atoms with Crippen molar-refractivity contribution in [2.45, 2.75) is 13.8 Å². The summed E-state index contributed by atoms with van der Waals surface area (Å²) < 4.78 is 5.55. The second kappa shape index (κ2) is 4.82. The number of aryl methyl sites for hydroxylation is 1. The second-order valence-electron chi connectivity index (χ2n) is 3.69. The van der Waals surface area contributed by atoms with Crippen molar-refractivity contribution in [3.8, 4) is 17.1 Å². The van der Waals surface area contributed by atoms with Gasteiger partial charge in [0.2, 0.25) is 0 Å². The van der Waals surface area contributed by atoms with Crippen LogP contribution in [0.2, 0.25) is 0 Å². The van der Waals surface area contributed by atoms with Gasteiger partial charge in [0.05, 0.1) is 12.2 Å². The zero-order chi connectivity index (χ0) is 12.3. The van der Waals surface area contributed by atoms with E-state index in [0.29, 0.717) is 18.2 Å². The van der Waals surface area contributed by atoms with Crippen molar-refractivity contribution >= 4 is 5.82 Å². The molecule has 4 heteroatoms. The number of benzene rings is 1. The molecule has 0 bridgehead atoms. The van der Waals surface area contributed by atoms with Gasteiger partial charge in [-0.2, -0.15) is 0 Å². The van der Waals surface area contributed by atoms with E-state index in [9.17, 15) is 0 Å². The Balaban J connectivity index is 2.51. The number of anilines is 1. The molecule has 4 nitrogen and oxygen atoms in total. The van der Waals surface area contributed by atoms with Crippen molar-refractivity contribution in [2.24, 2.45) is 0 Å². The molecule has 1 aromatic carbocycles. The SMILES string of the molecule is CCOc1ccccc1-c1nc(C)cc(N)n1. The van der Waals surface area contributed by atoms with Crippen LogP contribution in [0.15, 0.2) is 30.3 Å². The van der Waals surface area contributed by atoms with Crippen LogP contribution < -0.4 is 10.5 Å². The first-order valence-electron chi connectivity index (χ1n) is 5.54. The Bertz CT molecular complexity index is 506. The second-order valence-corrected chi connectivity index (χ2v) is 3.69. The molecule has 17 heavy (non-hydrogen) atoms. The van der Waals surface area contributed by atoms with E-state index in [1.807, 2.05) is 38.1 Å². The van der Waals surface area contributed by atoms with Crippen LogP contribution in [-0.4, -0.2) is 16.6 Å². The Labute approximate surface area is 100 Å². The molecule has 0 spiro atoms. The summed E-state index contributed by atoms with van der Waals surface area (Å²) in [5, 5.41) is 0. The molecule has 0 saturated heterocycles. The average Bonchev–Trinajstić information content (AvgIpc) is 2.29. The molecule has 2 N–H and O–H groups in total. The number of ether oxygens (including phenoxy) is 1. The molecule has 1 aromatic heterocycles. The lowest BCUT2D eigenvalue weighted by molar-refractivity contribution is 0.341. The summed E-state index contributed by atoms with van der Waals surface area (Å²) in [6, 6.07) is 9.43. The van der Waals surface area contributed by atoms with Gasteiger partial charge in [0.15, 0.2) is 5.82 Å². The lowest BCUT2D eigenvalue weighted by Crippen LogP contribution is -2.00. The van der Waals surface area contributed by atoms with Crippen LogP contribution in [0.25, 0.3) is 11.4 Å². The molecule has 0 atom stereocenters. The number of nitrogens with zero attached hydrogens (tertiary/aromatic N) is 2. The molecule has 2 aromatic rings. The molecule has 0 aliphatic rings. The fraction of sp³-hybridized carbons (Fsp3) is 0.231. The van der Waals surface area contributed by atoms with Crippen LogP contribution in [0.3, 0.4) is 0 Å². The van der Waals surface area contributed by atoms with Gasteiger partial charge in [-0.3, -0.25) is 0 Å². The zero-order valence-electron chi connectivity index (χ0n) is 9.97. The summed E-state index contributed by atoms with van der Waals surface area (Å²) in [6.07, 6.45) is 0. The summed E-state index contributed by atoms with van der Waals surface area (Å²) in [7, 11) is 0. The number of para-hydroxylation sites is 1. The lowest BCUT2D eigenvalue weighted by atomic mass is 10.2. The van der Waals surface area contributed by atoms with Gasteiger partial charge in [-0.05, 0) is 26.0 Å². The van der Waals surface area contributed by atoms with E-state index in [4.69, 9.17) is 10.5 Å². The third-order valence-corrected chi connectivity index (χ3v) is 2.30. The maximum absolute atomic E-state index is 5.73. The minimum Gasteiger partial charge on any atom is -0.493 e. The minimum atomic E-state index is 0.471. The summed E-state index contributed by atoms with van der Waals surface area (Å²) in [5.74, 6) is 1.85. The first-order chi connectivity index (χ1) is 8.20. The molecule has 0 aliphatic heterocycles. The molecular weight excluding hydrogens is 214 g/mol. The highest BCUT2D eigenvalue weighted by Crippen LogP contribution is 2.27. The summed E-state index contributed by atoms with van der Waals surface area (Å²) in [5.41, 5.74) is 7.44. The number of aromatic nitrogens is 2. The van der Waals surface area contributed by atoms with Gasteiger partial charge < -0.3 is 10.5 Å². The van der Waals surface area contributed by atoms with Crippen LogP contribution in [0.4, 0.5) is 5.82 Å². The number of nitrogens with two attached hydrogens (primary N) is 1. The van der Waals surface area contributed by atoms with E-state index in [1.165, 1.54) is 0 Å². The highest BCUT2D eigenvalue weighted by Gasteiger charge is 2.09. The van der Waals surface area contributed by atoms with Gasteiger partial charge in [-0.25, -0.2) is 9.97 Å². The standard InChI is InChI=1S/C13H15N3O/c1-3-17-11-7-5-4-6-10(11)13-15-9(2)8-12(14)16-13/h4-8H,3H2,1-2H3,(H2,14,15,16). The smallest absolute Gasteiger partial charge is 0.165 e. The highest BCUT2D eigenvalue weighted by molar-refractivity contribution is 5.65. The van der Waals surface area contributed by atoms with E-state index >= 15 is 0 Å². The predicted octanol–water partition coefficient (Wildman–Crippen LogP) is 2.43. The van der Waals surface area contributed by atoms with Gasteiger partial charge in [0.1, 0.15) is 11.6 Å². The molecule has 0 radical (unpaired) electrons. The Hall–Kier alpha value is -2.10. The van der Waals surface area contributed by atoms with Crippen LogP contribution >= 0.6 is 0 Å². The Morgan fingerprint density at radius 2 is 2.00 bits per heavy atom. The van der Waals surface area contributed by atoms with E-state index in [1.54, 1.807) is 6.07 Å². The summed E-state index contributed by atoms with van der Waals surface area (Å²) in [4.78, 5) is 8.61. The normalized spacial score (nSPS) is 10.2. The Morgan fingerprint density at radius 3 is 2.71 bits per heavy atom. The molecule has 1 heterocycles. The van der Waals surface area contributed by atoms with Gasteiger partial charge in [0, 0.05) is 11.8 Å². The van der Waals surface area contributed by atoms with E-state index < -0.39 is 0 Å². The Morgan fingerprint density at radius 1 is 1.24 bits per heavy atom. The van der Waals surface area contributed by atoms with Crippen LogP contribution in [-0.2, 0) is 0 Å². The quantitative estimate of drug-likeness (QED) is 0.878. The molecule has 0 fully saturated rings. The topological polar surface area (TPSA) is 61.0 Å². The van der Waals surface area contributed by atoms with E-state index in [0.717, 1.165) is 17.0 Å². The van der Waals surface area contributed by atoms with Crippen LogP contribution in [0.1, 0.15) is 12.6 Å². The maximum Gasteiger partial charge on any atom is 0.165 e. The number of hydrogen-bond acceptors (Lipinski definition) is 4. The van der Waals surface area contributed by atoms with Crippen LogP contribution in [0.5, 0.6) is 5.75 Å². The fourth-order valence-corrected chi connectivity index (χ4v) is 1.65. The minimum absolute atomic E-state index is 0.471. The van der Waals surface area contributed by atoms with Gasteiger partial charge in [0.25, 0.3) is 0 Å². The summed E-state index contributed by atoms with van der Waals surface area (Å²) >= 11 is 0. The predicted molar refractivity (Wildman–Crippen MR) is 67.8 cm³/mol. The van der Waals surface area contributed by atoms with Crippen molar-refractivity contribution < 1.29 is 4.74 Å². The fourth-order valence-electron chi connectivity index (χ4n) is 1.65. The molecule has 0 unspecified atom stereocenters. The average molecular weight is 229 g/mol. The highest BCUT2D eigenvalue weighted by atomic mass is 16.5. The first kappa shape index (κ1) is 11.4. The van der Waals surface area contributed by atoms with Crippen molar-refractivity contribution in [3.05, 3.63) is 36.0 Å². The third kappa shape index (κ3) is 2.53. The molecule has 0 aliphatic carbocycles. The van der Waals surface area contributed by atoms with Gasteiger partial charge in [-0.1, -0.05) is 12.1 Å². The monoisotopic (exact) mass is 229 g/mol. The molecular formula is C13H15N3O. The van der Waals surface area contributed by atoms with Gasteiger partial charge in [-0.15, -0.1) is 0 Å². The largest absolute Gasteiger partial charge is 0.493 e. The molecule has 88 valence electrons. The van der Waals surface area contributed by atoms with E-state index in [-0.39, 0.29) is 0 Å². The lowest BCUT2D eigenvalue weighted by Gasteiger charge is -2.09. The number of rotatable bonds is 3. The number of nitrogen functional groups attached to an aromatic ring is 1. The van der Waals surface area contributed by atoms with Crippen molar-refractivity contribution in [1.82, 2.24) is 9.97 Å². The third-order valence-electron chi connectivity index (χ3n) is 2.30. The van der Waals surface area contributed by atoms with Crippen molar-refractivity contribution in [2.75, 3.05) is 12.3 Å². The van der Waals surface area contributed by atoms with E-state index in [2.05, 4.69) is 9.97 Å². The summed E-state index contributed by atoms with van der Waals surface area (Å²) in [6.45, 7) is 4.45. The first-order valence-corrected chi connectivity index (χ1v) is 5.54. The van der Waals surface area contributed by atoms with Crippen molar-refractivity contribution in [3.63, 3.8) is 0 Å². The molecule has 0 amide bonds. The van der Waals surface area contributed by atoms with Crippen LogP contribution in [0, 0.1) is 6.92 Å². The Kier molecular flexibility index (Phi) is 3.23. The van der Waals surface area contributed by atoms with Gasteiger partial charge >= 0.3 is 0 Å².